The van der Waals surface area contributed by atoms with Crippen molar-refractivity contribution in [2.75, 3.05) is 25.2 Å². The van der Waals surface area contributed by atoms with Gasteiger partial charge in [0.15, 0.2) is 5.82 Å². The lowest BCUT2D eigenvalue weighted by Crippen LogP contribution is -2.48. The summed E-state index contributed by atoms with van der Waals surface area (Å²) in [7, 11) is 1.65. The van der Waals surface area contributed by atoms with E-state index >= 15 is 0 Å². The summed E-state index contributed by atoms with van der Waals surface area (Å²) in [5.74, 6) is -0.539. The van der Waals surface area contributed by atoms with Crippen molar-refractivity contribution in [3.05, 3.63) is 34.1 Å². The van der Waals surface area contributed by atoms with Gasteiger partial charge in [0.2, 0.25) is 0 Å². The largest absolute Gasteiger partial charge is 0.382 e. The minimum Gasteiger partial charge on any atom is -0.382 e. The van der Waals surface area contributed by atoms with Crippen molar-refractivity contribution in [3.63, 3.8) is 0 Å². The van der Waals surface area contributed by atoms with Gasteiger partial charge in [0.1, 0.15) is 0 Å². The number of non-ortho nitro benzene ring substituents is 1. The molecular formula is C15H21FN2O3. The third-order valence-corrected chi connectivity index (χ3v) is 4.16. The van der Waals surface area contributed by atoms with Gasteiger partial charge in [0.05, 0.1) is 28.8 Å². The van der Waals surface area contributed by atoms with Gasteiger partial charge in [0, 0.05) is 19.7 Å². The number of hydrogen-bond acceptors (Lipinski definition) is 4. The molecule has 1 unspecified atom stereocenters. The number of anilines is 1. The Labute approximate surface area is 123 Å². The number of rotatable bonds is 6. The molecule has 0 radical (unpaired) electrons. The monoisotopic (exact) mass is 296 g/mol. The van der Waals surface area contributed by atoms with Gasteiger partial charge in [-0.2, -0.15) is 0 Å². The third kappa shape index (κ3) is 3.00. The zero-order valence-electron chi connectivity index (χ0n) is 12.5. The topological polar surface area (TPSA) is 55.6 Å². The van der Waals surface area contributed by atoms with E-state index in [1.165, 1.54) is 12.1 Å². The molecule has 1 saturated heterocycles. The Morgan fingerprint density at radius 1 is 1.52 bits per heavy atom. The van der Waals surface area contributed by atoms with Crippen LogP contribution >= 0.6 is 0 Å². The first-order valence-electron chi connectivity index (χ1n) is 7.24. The number of nitro groups is 1. The van der Waals surface area contributed by atoms with Crippen LogP contribution in [-0.2, 0) is 4.74 Å². The van der Waals surface area contributed by atoms with Crippen molar-refractivity contribution < 1.29 is 14.1 Å². The van der Waals surface area contributed by atoms with Gasteiger partial charge in [-0.15, -0.1) is 0 Å². The quantitative estimate of drug-likeness (QED) is 0.595. The lowest BCUT2D eigenvalue weighted by Gasteiger charge is -2.39. The van der Waals surface area contributed by atoms with Crippen molar-refractivity contribution in [2.24, 2.45) is 0 Å². The minimum absolute atomic E-state index is 0.208. The van der Waals surface area contributed by atoms with Gasteiger partial charge >= 0.3 is 0 Å². The van der Waals surface area contributed by atoms with Gasteiger partial charge in [-0.25, -0.2) is 4.39 Å². The third-order valence-electron chi connectivity index (χ3n) is 4.16. The average molecular weight is 296 g/mol. The van der Waals surface area contributed by atoms with Crippen LogP contribution < -0.4 is 4.90 Å². The van der Waals surface area contributed by atoms with Crippen LogP contribution in [0.15, 0.2) is 18.2 Å². The van der Waals surface area contributed by atoms with Crippen LogP contribution in [-0.4, -0.2) is 30.7 Å². The summed E-state index contributed by atoms with van der Waals surface area (Å²) in [5, 5.41) is 10.7. The molecule has 1 fully saturated rings. The van der Waals surface area contributed by atoms with E-state index in [1.807, 2.05) is 4.90 Å². The maximum absolute atomic E-state index is 14.3. The second kappa shape index (κ2) is 6.39. The van der Waals surface area contributed by atoms with Gasteiger partial charge in [-0.1, -0.05) is 13.3 Å². The molecule has 1 atom stereocenters. The number of ether oxygens (including phenoxy) is 1. The van der Waals surface area contributed by atoms with E-state index in [9.17, 15) is 14.5 Å². The number of hydrogen-bond donors (Lipinski definition) is 0. The molecule has 1 aromatic rings. The highest BCUT2D eigenvalue weighted by Gasteiger charge is 2.41. The fraction of sp³-hybridized carbons (Fsp3) is 0.600. The molecule has 0 aliphatic carbocycles. The minimum atomic E-state index is -0.578. The molecule has 2 rings (SSSR count). The van der Waals surface area contributed by atoms with Crippen LogP contribution in [0.25, 0.3) is 0 Å². The Bertz CT molecular complexity index is 516. The molecule has 6 heteroatoms. The zero-order valence-corrected chi connectivity index (χ0v) is 12.5. The Kier molecular flexibility index (Phi) is 4.77. The molecule has 0 saturated carbocycles. The highest BCUT2D eigenvalue weighted by Crippen LogP contribution is 2.39. The normalized spacial score (nSPS) is 21.8. The van der Waals surface area contributed by atoms with Gasteiger partial charge in [0.25, 0.3) is 5.69 Å². The maximum atomic E-state index is 14.3. The van der Waals surface area contributed by atoms with E-state index < -0.39 is 10.7 Å². The van der Waals surface area contributed by atoms with Crippen molar-refractivity contribution in [2.45, 2.75) is 38.1 Å². The van der Waals surface area contributed by atoms with E-state index in [0.29, 0.717) is 12.3 Å². The molecule has 21 heavy (non-hydrogen) atoms. The first-order valence-corrected chi connectivity index (χ1v) is 7.24. The van der Waals surface area contributed by atoms with Gasteiger partial charge < -0.3 is 9.64 Å². The molecule has 1 heterocycles. The highest BCUT2D eigenvalue weighted by molar-refractivity contribution is 5.55. The second-order valence-electron chi connectivity index (χ2n) is 5.56. The molecule has 1 aromatic carbocycles. The predicted octanol–water partition coefficient (Wildman–Crippen LogP) is 3.52. The summed E-state index contributed by atoms with van der Waals surface area (Å²) in [4.78, 5) is 12.2. The van der Waals surface area contributed by atoms with Crippen molar-refractivity contribution in [1.29, 1.82) is 0 Å². The summed E-state index contributed by atoms with van der Waals surface area (Å²) in [6, 6.07) is 3.87. The first kappa shape index (κ1) is 15.7. The SMILES string of the molecule is CCCC1(COC)CCCN1c1ccc([N+](=O)[O-])cc1F. The van der Waals surface area contributed by atoms with Crippen LogP contribution in [0.1, 0.15) is 32.6 Å². The molecule has 0 amide bonds. The Hall–Kier alpha value is -1.69. The summed E-state index contributed by atoms with van der Waals surface area (Å²) >= 11 is 0. The number of halogens is 1. The molecule has 1 aliphatic heterocycles. The van der Waals surface area contributed by atoms with Crippen molar-refractivity contribution in [1.82, 2.24) is 0 Å². The maximum Gasteiger partial charge on any atom is 0.272 e. The van der Waals surface area contributed by atoms with Crippen LogP contribution in [0.5, 0.6) is 0 Å². The lowest BCUT2D eigenvalue weighted by atomic mass is 9.91. The zero-order chi connectivity index (χ0) is 15.5. The molecule has 1 aliphatic rings. The van der Waals surface area contributed by atoms with E-state index in [4.69, 9.17) is 4.74 Å². The number of nitrogens with zero attached hydrogens (tertiary/aromatic N) is 2. The predicted molar refractivity (Wildman–Crippen MR) is 79.1 cm³/mol. The number of nitro benzene ring substituents is 1. The Balaban J connectivity index is 2.36. The molecule has 0 spiro atoms. The smallest absolute Gasteiger partial charge is 0.272 e. The van der Waals surface area contributed by atoms with Crippen LogP contribution in [0.2, 0.25) is 0 Å². The average Bonchev–Trinajstić information content (AvgIpc) is 2.83. The van der Waals surface area contributed by atoms with Gasteiger partial charge in [-0.3, -0.25) is 10.1 Å². The molecule has 5 nitrogen and oxygen atoms in total. The second-order valence-corrected chi connectivity index (χ2v) is 5.56. The number of methoxy groups -OCH3 is 1. The summed E-state index contributed by atoms with van der Waals surface area (Å²) in [5.41, 5.74) is 0.00684. The highest BCUT2D eigenvalue weighted by atomic mass is 19.1. The Morgan fingerprint density at radius 2 is 2.29 bits per heavy atom. The van der Waals surface area contributed by atoms with Crippen molar-refractivity contribution >= 4 is 11.4 Å². The fourth-order valence-corrected chi connectivity index (χ4v) is 3.36. The standard InChI is InChI=1S/C15H21FN2O3/c1-3-7-15(11-21-2)8-4-9-17(15)14-6-5-12(18(19)20)10-13(14)16/h5-6,10H,3-4,7-9,11H2,1-2H3. The molecular weight excluding hydrogens is 275 g/mol. The molecule has 116 valence electrons. The fourth-order valence-electron chi connectivity index (χ4n) is 3.36. The number of benzene rings is 1. The van der Waals surface area contributed by atoms with E-state index in [0.717, 1.165) is 38.3 Å². The van der Waals surface area contributed by atoms with Crippen molar-refractivity contribution in [3.8, 4) is 0 Å². The summed E-state index contributed by atoms with van der Waals surface area (Å²) < 4.78 is 19.7. The van der Waals surface area contributed by atoms with E-state index in [-0.39, 0.29) is 11.2 Å². The Morgan fingerprint density at radius 3 is 2.86 bits per heavy atom. The van der Waals surface area contributed by atoms with E-state index in [1.54, 1.807) is 7.11 Å². The van der Waals surface area contributed by atoms with Crippen LogP contribution in [0.4, 0.5) is 15.8 Å². The van der Waals surface area contributed by atoms with Gasteiger partial charge in [-0.05, 0) is 25.3 Å². The first-order chi connectivity index (χ1) is 10.0. The lowest BCUT2D eigenvalue weighted by molar-refractivity contribution is -0.385. The molecule has 0 aromatic heterocycles. The van der Waals surface area contributed by atoms with Crippen LogP contribution in [0, 0.1) is 15.9 Å². The summed E-state index contributed by atoms with van der Waals surface area (Å²) in [6.07, 6.45) is 3.82. The molecule has 0 N–H and O–H groups in total. The van der Waals surface area contributed by atoms with E-state index in [2.05, 4.69) is 6.92 Å². The summed E-state index contributed by atoms with van der Waals surface area (Å²) in [6.45, 7) is 3.38. The molecule has 0 bridgehead atoms. The van der Waals surface area contributed by atoms with Crippen LogP contribution in [0.3, 0.4) is 0 Å².